The lowest BCUT2D eigenvalue weighted by molar-refractivity contribution is 0.553. The first-order valence-corrected chi connectivity index (χ1v) is 7.27. The molecule has 0 saturated heterocycles. The molecule has 0 aliphatic carbocycles. The van der Waals surface area contributed by atoms with Crippen LogP contribution in [0.4, 0.5) is 0 Å². The van der Waals surface area contributed by atoms with Gasteiger partial charge in [0.1, 0.15) is 0 Å². The lowest BCUT2D eigenvalue weighted by Crippen LogP contribution is -2.24. The van der Waals surface area contributed by atoms with Gasteiger partial charge < -0.3 is 5.32 Å². The highest BCUT2D eigenvalue weighted by Crippen LogP contribution is 2.11. The Morgan fingerprint density at radius 1 is 1.67 bits per heavy atom. The number of nitrogens with one attached hydrogen (secondary N) is 1. The number of thiazole rings is 1. The lowest BCUT2D eigenvalue weighted by atomic mass is 10.2. The highest BCUT2D eigenvalue weighted by atomic mass is 32.2. The molecule has 15 heavy (non-hydrogen) atoms. The Hall–Kier alpha value is -0.500. The van der Waals surface area contributed by atoms with Crippen LogP contribution in [0.5, 0.6) is 0 Å². The number of nitrogens with two attached hydrogens (primary N) is 1. The zero-order chi connectivity index (χ0) is 11.3. The van der Waals surface area contributed by atoms with E-state index in [1.54, 1.807) is 16.8 Å². The van der Waals surface area contributed by atoms with E-state index < -0.39 is 10.0 Å². The van der Waals surface area contributed by atoms with E-state index in [4.69, 9.17) is 5.14 Å². The fraction of sp³-hybridized carbons (Fsp3) is 0.625. The monoisotopic (exact) mass is 249 g/mol. The van der Waals surface area contributed by atoms with Gasteiger partial charge in [-0.2, -0.15) is 0 Å². The summed E-state index contributed by atoms with van der Waals surface area (Å²) >= 11 is 1.54. The molecule has 1 unspecified atom stereocenters. The van der Waals surface area contributed by atoms with Gasteiger partial charge in [0.05, 0.1) is 17.0 Å². The maximum absolute atomic E-state index is 10.6. The Morgan fingerprint density at radius 2 is 2.40 bits per heavy atom. The number of primary sulfonamides is 1. The van der Waals surface area contributed by atoms with Gasteiger partial charge in [-0.25, -0.2) is 18.5 Å². The maximum atomic E-state index is 10.6. The smallest absolute Gasteiger partial charge is 0.209 e. The maximum Gasteiger partial charge on any atom is 0.209 e. The van der Waals surface area contributed by atoms with Crippen LogP contribution in [0.3, 0.4) is 0 Å². The second kappa shape index (κ2) is 5.55. The normalized spacial score (nSPS) is 14.0. The molecule has 3 N–H and O–H groups in total. The van der Waals surface area contributed by atoms with Crippen LogP contribution in [0.25, 0.3) is 0 Å². The minimum atomic E-state index is -3.33. The fourth-order valence-electron chi connectivity index (χ4n) is 1.13. The molecule has 7 heteroatoms. The zero-order valence-electron chi connectivity index (χ0n) is 8.51. The molecular weight excluding hydrogens is 234 g/mol. The van der Waals surface area contributed by atoms with Crippen molar-refractivity contribution in [2.24, 2.45) is 5.14 Å². The molecule has 0 bridgehead atoms. The standard InChI is InChI=1S/C8H15N3O2S2/c1-7(8-5-14-6-11-8)10-3-2-4-15(9,12)13/h5-7,10H,2-4H2,1H3,(H2,9,12,13). The van der Waals surface area contributed by atoms with Crippen LogP contribution >= 0.6 is 11.3 Å². The molecule has 0 aliphatic heterocycles. The molecule has 0 spiro atoms. The third-order valence-electron chi connectivity index (χ3n) is 1.95. The van der Waals surface area contributed by atoms with Crippen LogP contribution < -0.4 is 10.5 Å². The van der Waals surface area contributed by atoms with Gasteiger partial charge in [-0.3, -0.25) is 0 Å². The summed E-state index contributed by atoms with van der Waals surface area (Å²) in [6, 6.07) is 0.150. The van der Waals surface area contributed by atoms with Gasteiger partial charge in [0.2, 0.25) is 10.0 Å². The summed E-state index contributed by atoms with van der Waals surface area (Å²) in [7, 11) is -3.33. The van der Waals surface area contributed by atoms with E-state index in [0.717, 1.165) is 5.69 Å². The average molecular weight is 249 g/mol. The summed E-state index contributed by atoms with van der Waals surface area (Å²) in [6.07, 6.45) is 0.521. The summed E-state index contributed by atoms with van der Waals surface area (Å²) < 4.78 is 21.3. The predicted molar refractivity (Wildman–Crippen MR) is 61.1 cm³/mol. The first kappa shape index (κ1) is 12.6. The van der Waals surface area contributed by atoms with Gasteiger partial charge in [-0.1, -0.05) is 0 Å². The molecule has 0 radical (unpaired) electrons. The molecule has 0 saturated carbocycles. The first-order valence-electron chi connectivity index (χ1n) is 4.61. The number of nitrogens with zero attached hydrogens (tertiary/aromatic N) is 1. The SMILES string of the molecule is CC(NCCCS(N)(=O)=O)c1cscn1. The molecule has 0 aromatic carbocycles. The number of sulfonamides is 1. The van der Waals surface area contributed by atoms with Gasteiger partial charge >= 0.3 is 0 Å². The topological polar surface area (TPSA) is 85.1 Å². The van der Waals surface area contributed by atoms with Gasteiger partial charge in [-0.05, 0) is 19.9 Å². The molecular formula is C8H15N3O2S2. The molecule has 1 aromatic heterocycles. The van der Waals surface area contributed by atoms with Crippen molar-refractivity contribution in [3.63, 3.8) is 0 Å². The largest absolute Gasteiger partial charge is 0.309 e. The fourth-order valence-corrected chi connectivity index (χ4v) is 2.33. The van der Waals surface area contributed by atoms with Crippen LogP contribution in [0.15, 0.2) is 10.9 Å². The zero-order valence-corrected chi connectivity index (χ0v) is 10.1. The summed E-state index contributed by atoms with van der Waals surface area (Å²) in [6.45, 7) is 2.61. The van der Waals surface area contributed by atoms with E-state index in [0.29, 0.717) is 13.0 Å². The van der Waals surface area contributed by atoms with Crippen LogP contribution in [0.1, 0.15) is 25.1 Å². The van der Waals surface area contributed by atoms with Crippen molar-refractivity contribution in [3.05, 3.63) is 16.6 Å². The van der Waals surface area contributed by atoms with E-state index in [1.807, 2.05) is 12.3 Å². The molecule has 0 aliphatic rings. The van der Waals surface area contributed by atoms with Crippen LogP contribution in [-0.4, -0.2) is 25.7 Å². The van der Waals surface area contributed by atoms with Crippen molar-refractivity contribution in [2.75, 3.05) is 12.3 Å². The van der Waals surface area contributed by atoms with Gasteiger partial charge in [-0.15, -0.1) is 11.3 Å². The molecule has 5 nitrogen and oxygen atoms in total. The van der Waals surface area contributed by atoms with Crippen molar-refractivity contribution in [1.29, 1.82) is 0 Å². The van der Waals surface area contributed by atoms with Gasteiger partial charge in [0.15, 0.2) is 0 Å². The highest BCUT2D eigenvalue weighted by molar-refractivity contribution is 7.89. The van der Waals surface area contributed by atoms with E-state index in [-0.39, 0.29) is 11.8 Å². The Balaban J connectivity index is 2.21. The summed E-state index contributed by atoms with van der Waals surface area (Å²) in [5, 5.41) is 10.0. The third-order valence-corrected chi connectivity index (χ3v) is 3.41. The van der Waals surface area contributed by atoms with Crippen molar-refractivity contribution in [3.8, 4) is 0 Å². The minimum absolute atomic E-state index is 0.0176. The van der Waals surface area contributed by atoms with Crippen LogP contribution in [0.2, 0.25) is 0 Å². The molecule has 1 atom stereocenters. The van der Waals surface area contributed by atoms with Crippen molar-refractivity contribution in [1.82, 2.24) is 10.3 Å². The second-order valence-electron chi connectivity index (χ2n) is 3.31. The Bertz CT molecular complexity index is 375. The Kier molecular flexibility index (Phi) is 4.65. The Morgan fingerprint density at radius 3 is 2.93 bits per heavy atom. The average Bonchev–Trinajstić information content (AvgIpc) is 2.63. The third kappa shape index (κ3) is 5.22. The number of rotatable bonds is 6. The first-order chi connectivity index (χ1) is 6.99. The second-order valence-corrected chi connectivity index (χ2v) is 5.76. The summed E-state index contributed by atoms with van der Waals surface area (Å²) in [5.41, 5.74) is 2.76. The predicted octanol–water partition coefficient (Wildman–Crippen LogP) is 0.472. The summed E-state index contributed by atoms with van der Waals surface area (Å²) in [4.78, 5) is 4.16. The number of hydrogen-bond acceptors (Lipinski definition) is 5. The van der Waals surface area contributed by atoms with Gasteiger partial charge in [0, 0.05) is 11.4 Å². The van der Waals surface area contributed by atoms with Crippen LogP contribution in [0, 0.1) is 0 Å². The van der Waals surface area contributed by atoms with Crippen molar-refractivity contribution >= 4 is 21.4 Å². The quantitative estimate of drug-likeness (QED) is 0.718. The van der Waals surface area contributed by atoms with Crippen LogP contribution in [-0.2, 0) is 10.0 Å². The number of aromatic nitrogens is 1. The number of hydrogen-bond donors (Lipinski definition) is 2. The molecule has 1 aromatic rings. The molecule has 1 rings (SSSR count). The van der Waals surface area contributed by atoms with E-state index in [1.165, 1.54) is 0 Å². The minimum Gasteiger partial charge on any atom is -0.309 e. The van der Waals surface area contributed by atoms with Crippen molar-refractivity contribution < 1.29 is 8.42 Å². The van der Waals surface area contributed by atoms with E-state index in [9.17, 15) is 8.42 Å². The lowest BCUT2D eigenvalue weighted by Gasteiger charge is -2.10. The molecule has 0 amide bonds. The Labute approximate surface area is 93.8 Å². The van der Waals surface area contributed by atoms with E-state index >= 15 is 0 Å². The van der Waals surface area contributed by atoms with Crippen molar-refractivity contribution in [2.45, 2.75) is 19.4 Å². The molecule has 1 heterocycles. The molecule has 0 fully saturated rings. The summed E-state index contributed by atoms with van der Waals surface area (Å²) in [5.74, 6) is 0.0176. The molecule has 86 valence electrons. The van der Waals surface area contributed by atoms with Gasteiger partial charge in [0.25, 0.3) is 0 Å². The van der Waals surface area contributed by atoms with E-state index in [2.05, 4.69) is 10.3 Å². The highest BCUT2D eigenvalue weighted by Gasteiger charge is 2.07.